The Bertz CT molecular complexity index is 817. The first-order valence-corrected chi connectivity index (χ1v) is 10.3. The summed E-state index contributed by atoms with van der Waals surface area (Å²) >= 11 is 5.77. The highest BCUT2D eigenvalue weighted by atomic mass is 32.1. The average molecular weight is 391 g/mol. The van der Waals surface area contributed by atoms with Crippen molar-refractivity contribution in [1.82, 2.24) is 19.2 Å². The van der Waals surface area contributed by atoms with Crippen LogP contribution < -0.4 is 0 Å². The standard InChI is InChI=1S/C20H27FN4OS/c1-15-8-10-23(11-9-15)14-25-20(27)24(13-18-3-2-12-26-18)19(22-25)16-4-6-17(21)7-5-16/h4-7,15,18H,2-3,8-14H2,1H3/t18-/m1/s1. The summed E-state index contributed by atoms with van der Waals surface area (Å²) in [4.78, 5) is 2.41. The van der Waals surface area contributed by atoms with Crippen molar-refractivity contribution >= 4 is 12.2 Å². The van der Waals surface area contributed by atoms with Gasteiger partial charge < -0.3 is 4.74 Å². The van der Waals surface area contributed by atoms with E-state index in [-0.39, 0.29) is 11.9 Å². The zero-order valence-electron chi connectivity index (χ0n) is 15.8. The Labute approximate surface area is 164 Å². The number of rotatable bonds is 5. The second-order valence-electron chi connectivity index (χ2n) is 7.80. The first-order chi connectivity index (χ1) is 13.1. The number of likely N-dealkylation sites (tertiary alicyclic amines) is 1. The molecule has 4 rings (SSSR count). The van der Waals surface area contributed by atoms with Gasteiger partial charge in [-0.05, 0) is 68.1 Å². The van der Waals surface area contributed by atoms with Crippen molar-refractivity contribution < 1.29 is 9.13 Å². The molecule has 1 atom stereocenters. The highest BCUT2D eigenvalue weighted by molar-refractivity contribution is 7.71. The van der Waals surface area contributed by atoms with Crippen molar-refractivity contribution in [3.63, 3.8) is 0 Å². The van der Waals surface area contributed by atoms with E-state index in [9.17, 15) is 4.39 Å². The lowest BCUT2D eigenvalue weighted by atomic mass is 10.00. The first kappa shape index (κ1) is 18.8. The Morgan fingerprint density at radius 3 is 2.59 bits per heavy atom. The molecule has 2 aliphatic rings. The van der Waals surface area contributed by atoms with Crippen LogP contribution in [0.15, 0.2) is 24.3 Å². The number of halogens is 1. The van der Waals surface area contributed by atoms with Crippen LogP contribution in [0.5, 0.6) is 0 Å². The molecule has 0 bridgehead atoms. The zero-order valence-corrected chi connectivity index (χ0v) is 16.6. The van der Waals surface area contributed by atoms with E-state index in [2.05, 4.69) is 16.4 Å². The van der Waals surface area contributed by atoms with Gasteiger partial charge in [0.25, 0.3) is 0 Å². The number of hydrogen-bond acceptors (Lipinski definition) is 4. The predicted octanol–water partition coefficient (Wildman–Crippen LogP) is 4.09. The van der Waals surface area contributed by atoms with Gasteiger partial charge in [0.15, 0.2) is 10.6 Å². The summed E-state index contributed by atoms with van der Waals surface area (Å²) in [7, 11) is 0. The van der Waals surface area contributed by atoms with Gasteiger partial charge in [0.1, 0.15) is 5.82 Å². The third-order valence-corrected chi connectivity index (χ3v) is 6.08. The lowest BCUT2D eigenvalue weighted by Gasteiger charge is -2.29. The van der Waals surface area contributed by atoms with E-state index >= 15 is 0 Å². The summed E-state index contributed by atoms with van der Waals surface area (Å²) in [6.07, 6.45) is 4.73. The zero-order chi connectivity index (χ0) is 18.8. The van der Waals surface area contributed by atoms with Crippen molar-refractivity contribution in [2.45, 2.75) is 51.9 Å². The Morgan fingerprint density at radius 1 is 1.19 bits per heavy atom. The van der Waals surface area contributed by atoms with Gasteiger partial charge in [-0.1, -0.05) is 6.92 Å². The Morgan fingerprint density at radius 2 is 1.93 bits per heavy atom. The maximum Gasteiger partial charge on any atom is 0.199 e. The third-order valence-electron chi connectivity index (χ3n) is 5.65. The molecule has 0 amide bonds. The second-order valence-corrected chi connectivity index (χ2v) is 8.17. The molecular formula is C20H27FN4OS. The maximum atomic E-state index is 13.4. The van der Waals surface area contributed by atoms with Crippen LogP contribution in [-0.4, -0.2) is 45.0 Å². The van der Waals surface area contributed by atoms with Crippen LogP contribution in [0.4, 0.5) is 4.39 Å². The number of aromatic nitrogens is 3. The molecule has 0 N–H and O–H groups in total. The Hall–Kier alpha value is -1.57. The summed E-state index contributed by atoms with van der Waals surface area (Å²) in [6, 6.07) is 6.48. The second kappa shape index (κ2) is 8.20. The van der Waals surface area contributed by atoms with Crippen molar-refractivity contribution in [1.29, 1.82) is 0 Å². The highest BCUT2D eigenvalue weighted by Gasteiger charge is 2.22. The molecule has 3 heterocycles. The SMILES string of the molecule is CC1CCN(Cn2nc(-c3ccc(F)cc3)n(C[C@H]3CCCO3)c2=S)CC1. The van der Waals surface area contributed by atoms with Crippen LogP contribution >= 0.6 is 12.2 Å². The van der Waals surface area contributed by atoms with E-state index in [0.717, 1.165) is 49.8 Å². The van der Waals surface area contributed by atoms with Gasteiger partial charge in [0.05, 0.1) is 19.3 Å². The smallest absolute Gasteiger partial charge is 0.199 e. The minimum absolute atomic E-state index is 0.171. The van der Waals surface area contributed by atoms with Crippen LogP contribution in [0.3, 0.4) is 0 Å². The Kier molecular flexibility index (Phi) is 5.71. The fourth-order valence-electron chi connectivity index (χ4n) is 3.90. The molecule has 1 aromatic carbocycles. The Balaban J connectivity index is 1.63. The average Bonchev–Trinajstić information content (AvgIpc) is 3.28. The van der Waals surface area contributed by atoms with E-state index in [4.69, 9.17) is 22.1 Å². The van der Waals surface area contributed by atoms with E-state index < -0.39 is 0 Å². The van der Waals surface area contributed by atoms with Gasteiger partial charge in [-0.2, -0.15) is 5.10 Å². The van der Waals surface area contributed by atoms with Gasteiger partial charge in [-0.3, -0.25) is 9.47 Å². The van der Waals surface area contributed by atoms with Crippen molar-refractivity contribution in [3.8, 4) is 11.4 Å². The van der Waals surface area contributed by atoms with E-state index in [1.165, 1.54) is 25.0 Å². The molecule has 5 nitrogen and oxygen atoms in total. The predicted molar refractivity (Wildman–Crippen MR) is 105 cm³/mol. The van der Waals surface area contributed by atoms with Crippen LogP contribution in [0.25, 0.3) is 11.4 Å². The van der Waals surface area contributed by atoms with Crippen molar-refractivity contribution in [2.24, 2.45) is 5.92 Å². The van der Waals surface area contributed by atoms with Gasteiger partial charge in [0, 0.05) is 25.3 Å². The summed E-state index contributed by atoms with van der Waals surface area (Å²) in [5, 5.41) is 4.82. The molecular weight excluding hydrogens is 363 g/mol. The molecule has 1 aromatic heterocycles. The molecule has 0 spiro atoms. The fourth-order valence-corrected chi connectivity index (χ4v) is 4.15. The highest BCUT2D eigenvalue weighted by Crippen LogP contribution is 2.23. The summed E-state index contributed by atoms with van der Waals surface area (Å²) in [5.41, 5.74) is 0.881. The summed E-state index contributed by atoms with van der Waals surface area (Å²) in [6.45, 7) is 6.68. The molecule has 2 saturated heterocycles. The molecule has 146 valence electrons. The lowest BCUT2D eigenvalue weighted by Crippen LogP contribution is -2.34. The monoisotopic (exact) mass is 390 g/mol. The molecule has 7 heteroatoms. The number of ether oxygens (including phenoxy) is 1. The maximum absolute atomic E-state index is 13.4. The quantitative estimate of drug-likeness (QED) is 0.721. The minimum Gasteiger partial charge on any atom is -0.376 e. The number of hydrogen-bond donors (Lipinski definition) is 0. The van der Waals surface area contributed by atoms with E-state index in [1.807, 2.05) is 4.68 Å². The summed E-state index contributed by atoms with van der Waals surface area (Å²) in [5.74, 6) is 1.34. The normalized spacial score (nSPS) is 21.8. The van der Waals surface area contributed by atoms with Crippen molar-refractivity contribution in [2.75, 3.05) is 19.7 Å². The van der Waals surface area contributed by atoms with Crippen LogP contribution in [0.2, 0.25) is 0 Å². The number of nitrogens with zero attached hydrogens (tertiary/aromatic N) is 4. The van der Waals surface area contributed by atoms with Crippen molar-refractivity contribution in [3.05, 3.63) is 34.9 Å². The molecule has 0 radical (unpaired) electrons. The molecule has 2 aromatic rings. The van der Waals surface area contributed by atoms with Crippen LogP contribution in [0, 0.1) is 16.5 Å². The molecule has 27 heavy (non-hydrogen) atoms. The molecule has 0 saturated carbocycles. The number of benzene rings is 1. The first-order valence-electron chi connectivity index (χ1n) is 9.87. The van der Waals surface area contributed by atoms with Gasteiger partial charge >= 0.3 is 0 Å². The van der Waals surface area contributed by atoms with Gasteiger partial charge in [0.2, 0.25) is 0 Å². The molecule has 2 fully saturated rings. The topological polar surface area (TPSA) is 35.2 Å². The lowest BCUT2D eigenvalue weighted by molar-refractivity contribution is 0.0964. The third kappa shape index (κ3) is 4.31. The van der Waals surface area contributed by atoms with Gasteiger partial charge in [-0.15, -0.1) is 0 Å². The van der Waals surface area contributed by atoms with Crippen LogP contribution in [0.1, 0.15) is 32.6 Å². The fraction of sp³-hybridized carbons (Fsp3) is 0.600. The molecule has 2 aliphatic heterocycles. The van der Waals surface area contributed by atoms with E-state index in [0.29, 0.717) is 18.0 Å². The minimum atomic E-state index is -0.245. The van der Waals surface area contributed by atoms with Crippen LogP contribution in [-0.2, 0) is 18.0 Å². The van der Waals surface area contributed by atoms with E-state index in [1.54, 1.807) is 12.1 Å². The summed E-state index contributed by atoms with van der Waals surface area (Å²) < 4.78 is 23.9. The largest absolute Gasteiger partial charge is 0.376 e. The molecule has 0 aliphatic carbocycles. The molecule has 0 unspecified atom stereocenters. The van der Waals surface area contributed by atoms with Gasteiger partial charge in [-0.25, -0.2) is 9.07 Å². The number of piperidine rings is 1.